The third kappa shape index (κ3) is 2.98. The molecule has 1 heterocycles. The van der Waals surface area contributed by atoms with Gasteiger partial charge in [0.25, 0.3) is 0 Å². The van der Waals surface area contributed by atoms with Crippen LogP contribution in [0.25, 0.3) is 22.0 Å². The molecule has 2 aromatic carbocycles. The van der Waals surface area contributed by atoms with E-state index in [-0.39, 0.29) is 0 Å². The summed E-state index contributed by atoms with van der Waals surface area (Å²) in [5, 5.41) is 0.346. The van der Waals surface area contributed by atoms with Crippen LogP contribution in [-0.2, 0) is 12.4 Å². The highest BCUT2D eigenvalue weighted by atomic mass is 19.4. The Kier molecular flexibility index (Phi) is 3.62. The molecule has 3 rings (SSSR count). The van der Waals surface area contributed by atoms with E-state index in [0.717, 1.165) is 18.2 Å². The van der Waals surface area contributed by atoms with Gasteiger partial charge in [-0.05, 0) is 53.9 Å². The van der Waals surface area contributed by atoms with Gasteiger partial charge in [0.15, 0.2) is 0 Å². The number of aromatic nitrogens is 1. The standard InChI is InChI=1S/C17H11F6N/c1-9-6-12(16(18,19)20)3-4-13(9)10-2-5-14-11(7-10)8-15(24-14)17(21,22)23/h2-8,24H,1H3. The van der Waals surface area contributed by atoms with E-state index < -0.39 is 23.6 Å². The molecule has 0 fully saturated rings. The first-order valence-electron chi connectivity index (χ1n) is 6.94. The molecular weight excluding hydrogens is 332 g/mol. The molecule has 0 aliphatic heterocycles. The molecule has 126 valence electrons. The van der Waals surface area contributed by atoms with E-state index in [9.17, 15) is 26.3 Å². The number of aromatic amines is 1. The minimum atomic E-state index is -4.48. The molecule has 0 atom stereocenters. The Morgan fingerprint density at radius 1 is 0.792 bits per heavy atom. The van der Waals surface area contributed by atoms with Crippen LogP contribution in [0.15, 0.2) is 42.5 Å². The van der Waals surface area contributed by atoms with Crippen LogP contribution in [0.5, 0.6) is 0 Å². The zero-order valence-electron chi connectivity index (χ0n) is 12.3. The van der Waals surface area contributed by atoms with Gasteiger partial charge in [0, 0.05) is 10.9 Å². The molecule has 1 N–H and O–H groups in total. The van der Waals surface area contributed by atoms with Crippen LogP contribution in [0, 0.1) is 6.92 Å². The molecule has 0 aliphatic carbocycles. The second-order valence-electron chi connectivity index (χ2n) is 5.51. The maximum Gasteiger partial charge on any atom is 0.431 e. The van der Waals surface area contributed by atoms with E-state index >= 15 is 0 Å². The maximum atomic E-state index is 12.7. The smallest absolute Gasteiger partial charge is 0.351 e. The van der Waals surface area contributed by atoms with Gasteiger partial charge in [0.1, 0.15) is 5.69 Å². The summed E-state index contributed by atoms with van der Waals surface area (Å²) < 4.78 is 76.3. The molecule has 1 aromatic heterocycles. The van der Waals surface area contributed by atoms with Crippen molar-refractivity contribution in [2.45, 2.75) is 19.3 Å². The second-order valence-corrected chi connectivity index (χ2v) is 5.51. The SMILES string of the molecule is Cc1cc(C(F)(F)F)ccc1-c1ccc2[nH]c(C(F)(F)F)cc2c1. The lowest BCUT2D eigenvalue weighted by Crippen LogP contribution is -2.05. The normalized spacial score (nSPS) is 12.8. The highest BCUT2D eigenvalue weighted by Gasteiger charge is 2.33. The summed E-state index contributed by atoms with van der Waals surface area (Å²) in [7, 11) is 0. The molecule has 3 aromatic rings. The van der Waals surface area contributed by atoms with E-state index in [2.05, 4.69) is 4.98 Å². The summed E-state index contributed by atoms with van der Waals surface area (Å²) >= 11 is 0. The van der Waals surface area contributed by atoms with Gasteiger partial charge in [-0.15, -0.1) is 0 Å². The molecular formula is C17H11F6N. The van der Waals surface area contributed by atoms with Crippen LogP contribution in [-0.4, -0.2) is 4.98 Å². The quantitative estimate of drug-likeness (QED) is 0.508. The highest BCUT2D eigenvalue weighted by Crippen LogP contribution is 2.35. The zero-order valence-corrected chi connectivity index (χ0v) is 12.3. The van der Waals surface area contributed by atoms with Crippen LogP contribution < -0.4 is 0 Å². The number of halogens is 6. The van der Waals surface area contributed by atoms with Crippen molar-refractivity contribution in [3.8, 4) is 11.1 Å². The van der Waals surface area contributed by atoms with Crippen LogP contribution >= 0.6 is 0 Å². The first kappa shape index (κ1) is 16.4. The summed E-state index contributed by atoms with van der Waals surface area (Å²) in [5.74, 6) is 0. The molecule has 0 saturated heterocycles. The van der Waals surface area contributed by atoms with E-state index in [1.165, 1.54) is 25.1 Å². The van der Waals surface area contributed by atoms with Gasteiger partial charge in [-0.25, -0.2) is 0 Å². The molecule has 0 amide bonds. The second kappa shape index (κ2) is 5.29. The molecule has 0 aliphatic rings. The van der Waals surface area contributed by atoms with Gasteiger partial charge >= 0.3 is 12.4 Å². The number of nitrogens with one attached hydrogen (secondary N) is 1. The van der Waals surface area contributed by atoms with Crippen molar-refractivity contribution in [3.05, 3.63) is 59.3 Å². The summed E-state index contributed by atoms with van der Waals surface area (Å²) in [6, 6.07) is 8.89. The Morgan fingerprint density at radius 2 is 1.50 bits per heavy atom. The number of H-pyrrole nitrogens is 1. The van der Waals surface area contributed by atoms with Gasteiger partial charge in [-0.1, -0.05) is 12.1 Å². The Balaban J connectivity index is 2.07. The summed E-state index contributed by atoms with van der Waals surface area (Å²) in [4.78, 5) is 2.28. The van der Waals surface area contributed by atoms with Crippen molar-refractivity contribution in [2.24, 2.45) is 0 Å². The van der Waals surface area contributed by atoms with Crippen molar-refractivity contribution >= 4 is 10.9 Å². The number of fused-ring (bicyclic) bond motifs is 1. The summed E-state index contributed by atoms with van der Waals surface area (Å²) in [6.07, 6.45) is -8.92. The fourth-order valence-electron chi connectivity index (χ4n) is 2.62. The van der Waals surface area contributed by atoms with Crippen LogP contribution in [0.4, 0.5) is 26.3 Å². The largest absolute Gasteiger partial charge is 0.431 e. The fourth-order valence-corrected chi connectivity index (χ4v) is 2.62. The number of aryl methyl sites for hydroxylation is 1. The molecule has 0 bridgehead atoms. The first-order chi connectivity index (χ1) is 11.1. The summed E-state index contributed by atoms with van der Waals surface area (Å²) in [6.45, 7) is 1.53. The minimum Gasteiger partial charge on any atom is -0.351 e. The van der Waals surface area contributed by atoms with Crippen molar-refractivity contribution in [1.29, 1.82) is 0 Å². The number of hydrogen-bond acceptors (Lipinski definition) is 0. The van der Waals surface area contributed by atoms with Gasteiger partial charge in [0.05, 0.1) is 5.56 Å². The van der Waals surface area contributed by atoms with E-state index in [1.54, 1.807) is 6.07 Å². The van der Waals surface area contributed by atoms with E-state index in [4.69, 9.17) is 0 Å². The topological polar surface area (TPSA) is 15.8 Å². The van der Waals surface area contributed by atoms with Crippen molar-refractivity contribution in [3.63, 3.8) is 0 Å². The summed E-state index contributed by atoms with van der Waals surface area (Å²) in [5.41, 5.74) is 0.192. The lowest BCUT2D eigenvalue weighted by Gasteiger charge is -2.11. The average molecular weight is 343 g/mol. The van der Waals surface area contributed by atoms with Crippen LogP contribution in [0.1, 0.15) is 16.8 Å². The molecule has 7 heteroatoms. The van der Waals surface area contributed by atoms with Crippen molar-refractivity contribution in [1.82, 2.24) is 4.98 Å². The van der Waals surface area contributed by atoms with E-state index in [0.29, 0.717) is 27.6 Å². The molecule has 0 unspecified atom stereocenters. The predicted molar refractivity (Wildman–Crippen MR) is 78.5 cm³/mol. The third-order valence-corrected chi connectivity index (χ3v) is 3.79. The molecule has 1 nitrogen and oxygen atoms in total. The maximum absolute atomic E-state index is 12.7. The molecule has 0 spiro atoms. The Hall–Kier alpha value is -2.44. The van der Waals surface area contributed by atoms with Gasteiger partial charge < -0.3 is 4.98 Å². The lowest BCUT2D eigenvalue weighted by molar-refractivity contribution is -0.140. The molecule has 24 heavy (non-hydrogen) atoms. The number of benzene rings is 2. The van der Waals surface area contributed by atoms with Gasteiger partial charge in [0.2, 0.25) is 0 Å². The average Bonchev–Trinajstić information content (AvgIpc) is 2.89. The Morgan fingerprint density at radius 3 is 2.08 bits per heavy atom. The van der Waals surface area contributed by atoms with E-state index in [1.807, 2.05) is 0 Å². The predicted octanol–water partition coefficient (Wildman–Crippen LogP) is 6.18. The minimum absolute atomic E-state index is 0.315. The number of alkyl halides is 6. The van der Waals surface area contributed by atoms with Gasteiger partial charge in [-0.3, -0.25) is 0 Å². The first-order valence-corrected chi connectivity index (χ1v) is 6.94. The number of hydrogen-bond donors (Lipinski definition) is 1. The Labute approximate surface area is 132 Å². The molecule has 0 saturated carbocycles. The monoisotopic (exact) mass is 343 g/mol. The highest BCUT2D eigenvalue weighted by molar-refractivity contribution is 5.86. The lowest BCUT2D eigenvalue weighted by atomic mass is 9.97. The van der Waals surface area contributed by atoms with Gasteiger partial charge in [-0.2, -0.15) is 26.3 Å². The Bertz CT molecular complexity index is 902. The van der Waals surface area contributed by atoms with Crippen molar-refractivity contribution in [2.75, 3.05) is 0 Å². The fraction of sp³-hybridized carbons (Fsp3) is 0.176. The van der Waals surface area contributed by atoms with Crippen LogP contribution in [0.2, 0.25) is 0 Å². The zero-order chi connectivity index (χ0) is 17.7. The third-order valence-electron chi connectivity index (χ3n) is 3.79. The van der Waals surface area contributed by atoms with Crippen LogP contribution in [0.3, 0.4) is 0 Å². The molecule has 0 radical (unpaired) electrons. The number of rotatable bonds is 1. The van der Waals surface area contributed by atoms with Crippen molar-refractivity contribution < 1.29 is 26.3 Å².